The molecule has 3 N–H and O–H groups in total. The standard InChI is InChI=1S/C17H24FN5/c1-12-4-3-5-14(18)17(12)23-8-6-13(7-9-23)20-10-16-15(19)11-22(2)21-16/h3-5,11,13,20H,6-10,19H2,1-2H3. The van der Waals surface area contributed by atoms with Crippen LogP contribution in [0.15, 0.2) is 24.4 Å². The fourth-order valence-corrected chi connectivity index (χ4v) is 3.26. The Labute approximate surface area is 136 Å². The van der Waals surface area contributed by atoms with Gasteiger partial charge in [-0.05, 0) is 31.4 Å². The predicted molar refractivity (Wildman–Crippen MR) is 90.8 cm³/mol. The second-order valence-corrected chi connectivity index (χ2v) is 6.25. The fourth-order valence-electron chi connectivity index (χ4n) is 3.26. The number of hydrogen-bond acceptors (Lipinski definition) is 4. The summed E-state index contributed by atoms with van der Waals surface area (Å²) >= 11 is 0. The minimum Gasteiger partial charge on any atom is -0.396 e. The van der Waals surface area contributed by atoms with Crippen LogP contribution in [-0.2, 0) is 13.6 Å². The minimum absolute atomic E-state index is 0.127. The number of rotatable bonds is 4. The number of hydrogen-bond donors (Lipinski definition) is 2. The Bertz CT molecular complexity index is 653. The maximum Gasteiger partial charge on any atom is 0.146 e. The number of para-hydroxylation sites is 1. The van der Waals surface area contributed by atoms with Crippen molar-refractivity contribution in [2.75, 3.05) is 23.7 Å². The van der Waals surface area contributed by atoms with Crippen molar-refractivity contribution in [1.29, 1.82) is 0 Å². The first-order valence-electron chi connectivity index (χ1n) is 8.06. The molecule has 124 valence electrons. The third kappa shape index (κ3) is 3.47. The molecule has 2 heterocycles. The summed E-state index contributed by atoms with van der Waals surface area (Å²) in [4.78, 5) is 2.15. The fraction of sp³-hybridized carbons (Fsp3) is 0.471. The topological polar surface area (TPSA) is 59.1 Å². The van der Waals surface area contributed by atoms with Crippen LogP contribution in [0, 0.1) is 12.7 Å². The van der Waals surface area contributed by atoms with Gasteiger partial charge in [0.1, 0.15) is 5.82 Å². The first-order chi connectivity index (χ1) is 11.0. The van der Waals surface area contributed by atoms with Gasteiger partial charge < -0.3 is 16.0 Å². The Hall–Kier alpha value is -2.08. The maximum absolute atomic E-state index is 14.1. The molecule has 0 spiro atoms. The number of nitrogens with one attached hydrogen (secondary N) is 1. The molecule has 2 aromatic rings. The van der Waals surface area contributed by atoms with Gasteiger partial charge in [0, 0.05) is 38.9 Å². The lowest BCUT2D eigenvalue weighted by Gasteiger charge is -2.35. The number of nitrogens with two attached hydrogens (primary N) is 1. The summed E-state index contributed by atoms with van der Waals surface area (Å²) in [5.41, 5.74) is 9.27. The second kappa shape index (κ2) is 6.58. The predicted octanol–water partition coefficient (Wildman–Crippen LogP) is 2.21. The van der Waals surface area contributed by atoms with Gasteiger partial charge in [-0.25, -0.2) is 4.39 Å². The smallest absolute Gasteiger partial charge is 0.146 e. The zero-order valence-corrected chi connectivity index (χ0v) is 13.7. The van der Waals surface area contributed by atoms with E-state index in [-0.39, 0.29) is 5.82 Å². The van der Waals surface area contributed by atoms with Gasteiger partial charge in [-0.1, -0.05) is 12.1 Å². The molecule has 1 fully saturated rings. The Morgan fingerprint density at radius 2 is 2.09 bits per heavy atom. The molecule has 1 aromatic heterocycles. The Kier molecular flexibility index (Phi) is 4.52. The lowest BCUT2D eigenvalue weighted by atomic mass is 10.0. The van der Waals surface area contributed by atoms with Crippen LogP contribution in [-0.4, -0.2) is 28.9 Å². The molecule has 1 aliphatic rings. The highest BCUT2D eigenvalue weighted by Crippen LogP contribution is 2.27. The Balaban J connectivity index is 1.55. The van der Waals surface area contributed by atoms with Crippen molar-refractivity contribution >= 4 is 11.4 Å². The third-order valence-electron chi connectivity index (χ3n) is 4.50. The second-order valence-electron chi connectivity index (χ2n) is 6.25. The van der Waals surface area contributed by atoms with Gasteiger partial charge in [0.15, 0.2) is 0 Å². The van der Waals surface area contributed by atoms with Gasteiger partial charge in [-0.3, -0.25) is 4.68 Å². The summed E-state index contributed by atoms with van der Waals surface area (Å²) in [7, 11) is 1.87. The lowest BCUT2D eigenvalue weighted by molar-refractivity contribution is 0.409. The summed E-state index contributed by atoms with van der Waals surface area (Å²) < 4.78 is 15.8. The number of anilines is 2. The van der Waals surface area contributed by atoms with Crippen molar-refractivity contribution in [3.8, 4) is 0 Å². The van der Waals surface area contributed by atoms with E-state index in [0.29, 0.717) is 12.6 Å². The van der Waals surface area contributed by atoms with Gasteiger partial charge in [-0.15, -0.1) is 0 Å². The average Bonchev–Trinajstić information content (AvgIpc) is 2.84. The number of aryl methyl sites for hydroxylation is 2. The highest BCUT2D eigenvalue weighted by atomic mass is 19.1. The molecule has 0 unspecified atom stereocenters. The molecule has 0 radical (unpaired) electrons. The van der Waals surface area contributed by atoms with E-state index in [9.17, 15) is 4.39 Å². The summed E-state index contributed by atoms with van der Waals surface area (Å²) in [6.07, 6.45) is 3.79. The number of aromatic nitrogens is 2. The van der Waals surface area contributed by atoms with Crippen molar-refractivity contribution in [3.05, 3.63) is 41.5 Å². The molecule has 1 aliphatic heterocycles. The van der Waals surface area contributed by atoms with Crippen LogP contribution in [0.2, 0.25) is 0 Å². The third-order valence-corrected chi connectivity index (χ3v) is 4.50. The molecule has 5 nitrogen and oxygen atoms in total. The molecule has 1 aromatic carbocycles. The first kappa shape index (κ1) is 15.8. The van der Waals surface area contributed by atoms with Crippen LogP contribution in [0.3, 0.4) is 0 Å². The summed E-state index contributed by atoms with van der Waals surface area (Å²) in [5, 5.41) is 7.87. The number of nitrogens with zero attached hydrogens (tertiary/aromatic N) is 3. The Morgan fingerprint density at radius 3 is 2.70 bits per heavy atom. The van der Waals surface area contributed by atoms with E-state index in [0.717, 1.165) is 48.6 Å². The first-order valence-corrected chi connectivity index (χ1v) is 8.06. The van der Waals surface area contributed by atoms with Crippen LogP contribution in [0.25, 0.3) is 0 Å². The van der Waals surface area contributed by atoms with Crippen LogP contribution in [0.1, 0.15) is 24.1 Å². The molecule has 1 saturated heterocycles. The largest absolute Gasteiger partial charge is 0.396 e. The summed E-state index contributed by atoms with van der Waals surface area (Å²) in [5.74, 6) is -0.127. The van der Waals surface area contributed by atoms with Gasteiger partial charge >= 0.3 is 0 Å². The molecule has 0 aliphatic carbocycles. The normalized spacial score (nSPS) is 16.0. The van der Waals surface area contributed by atoms with Crippen LogP contribution >= 0.6 is 0 Å². The zero-order chi connectivity index (χ0) is 16.4. The number of nitrogen functional groups attached to an aromatic ring is 1. The lowest BCUT2D eigenvalue weighted by Crippen LogP contribution is -2.43. The van der Waals surface area contributed by atoms with E-state index in [2.05, 4.69) is 15.3 Å². The van der Waals surface area contributed by atoms with E-state index < -0.39 is 0 Å². The van der Waals surface area contributed by atoms with Gasteiger partial charge in [0.2, 0.25) is 0 Å². The average molecular weight is 317 g/mol. The summed E-state index contributed by atoms with van der Waals surface area (Å²) in [6, 6.07) is 5.68. The highest BCUT2D eigenvalue weighted by Gasteiger charge is 2.22. The van der Waals surface area contributed by atoms with E-state index in [4.69, 9.17) is 5.73 Å². The summed E-state index contributed by atoms with van der Waals surface area (Å²) in [6.45, 7) is 4.36. The molecule has 3 rings (SSSR count). The SMILES string of the molecule is Cc1cccc(F)c1N1CCC(NCc2nn(C)cc2N)CC1. The van der Waals surface area contributed by atoms with Crippen LogP contribution in [0.5, 0.6) is 0 Å². The zero-order valence-electron chi connectivity index (χ0n) is 13.7. The van der Waals surface area contributed by atoms with Gasteiger partial charge in [-0.2, -0.15) is 5.10 Å². The van der Waals surface area contributed by atoms with Crippen molar-refractivity contribution in [1.82, 2.24) is 15.1 Å². The molecular formula is C17H24FN5. The quantitative estimate of drug-likeness (QED) is 0.908. The number of benzene rings is 1. The van der Waals surface area contributed by atoms with Gasteiger partial charge in [0.05, 0.1) is 17.1 Å². The van der Waals surface area contributed by atoms with Gasteiger partial charge in [0.25, 0.3) is 0 Å². The van der Waals surface area contributed by atoms with Crippen LogP contribution in [0.4, 0.5) is 15.8 Å². The van der Waals surface area contributed by atoms with Crippen molar-refractivity contribution in [3.63, 3.8) is 0 Å². The van der Waals surface area contributed by atoms with Crippen molar-refractivity contribution in [2.24, 2.45) is 7.05 Å². The monoisotopic (exact) mass is 317 g/mol. The maximum atomic E-state index is 14.1. The van der Waals surface area contributed by atoms with E-state index in [1.807, 2.05) is 26.2 Å². The van der Waals surface area contributed by atoms with Crippen molar-refractivity contribution in [2.45, 2.75) is 32.4 Å². The molecule has 0 saturated carbocycles. The molecule has 0 amide bonds. The molecule has 23 heavy (non-hydrogen) atoms. The number of piperidine rings is 1. The van der Waals surface area contributed by atoms with Crippen LogP contribution < -0.4 is 16.0 Å². The number of halogens is 1. The molecule has 6 heteroatoms. The minimum atomic E-state index is -0.127. The van der Waals surface area contributed by atoms with E-state index >= 15 is 0 Å². The van der Waals surface area contributed by atoms with E-state index in [1.54, 1.807) is 10.7 Å². The highest BCUT2D eigenvalue weighted by molar-refractivity contribution is 5.54. The Morgan fingerprint density at radius 1 is 1.35 bits per heavy atom. The molecule has 0 bridgehead atoms. The van der Waals surface area contributed by atoms with Crippen molar-refractivity contribution < 1.29 is 4.39 Å². The molecule has 0 atom stereocenters. The van der Waals surface area contributed by atoms with E-state index in [1.165, 1.54) is 6.07 Å². The molecular weight excluding hydrogens is 293 g/mol.